The molecule has 0 amide bonds. The Bertz CT molecular complexity index is 202. The van der Waals surface area contributed by atoms with Crippen LogP contribution >= 0.6 is 0 Å². The molecule has 0 unspecified atom stereocenters. The summed E-state index contributed by atoms with van der Waals surface area (Å²) in [5.74, 6) is 0.949. The minimum atomic E-state index is 0.788. The van der Waals surface area contributed by atoms with Crippen LogP contribution in [0.5, 0.6) is 0 Å². The van der Waals surface area contributed by atoms with Gasteiger partial charge in [-0.3, -0.25) is 4.68 Å². The van der Waals surface area contributed by atoms with Gasteiger partial charge in [0.25, 0.3) is 0 Å². The molecular weight excluding hydrogens is 114 g/mol. The Morgan fingerprint density at radius 1 is 1.89 bits per heavy atom. The van der Waals surface area contributed by atoms with Gasteiger partial charge in [0.15, 0.2) is 0 Å². The summed E-state index contributed by atoms with van der Waals surface area (Å²) in [5, 5.41) is 3.89. The predicted octanol–water partition coefficient (Wildman–Crippen LogP) is 0.544. The molecule has 0 saturated carbocycles. The van der Waals surface area contributed by atoms with E-state index in [2.05, 4.69) is 16.7 Å². The maximum absolute atomic E-state index is 3.99. The van der Waals surface area contributed by atoms with Crippen molar-refractivity contribution in [1.82, 2.24) is 14.8 Å². The fourth-order valence-electron chi connectivity index (χ4n) is 0.634. The molecule has 0 radical (unpaired) electrons. The van der Waals surface area contributed by atoms with Crippen LogP contribution < -0.4 is 0 Å². The zero-order valence-corrected chi connectivity index (χ0v) is 5.41. The summed E-state index contributed by atoms with van der Waals surface area (Å²) in [5.41, 5.74) is 0. The summed E-state index contributed by atoms with van der Waals surface area (Å²) in [6.45, 7) is 3.60. The van der Waals surface area contributed by atoms with E-state index in [4.69, 9.17) is 0 Å². The van der Waals surface area contributed by atoms with Crippen LogP contribution in [0, 0.1) is 0 Å². The van der Waals surface area contributed by atoms with Crippen LogP contribution in [0.4, 0.5) is 0 Å². The third-order valence-electron chi connectivity index (χ3n) is 1.13. The number of aryl methyl sites for hydroxylation is 1. The van der Waals surface area contributed by atoms with Gasteiger partial charge >= 0.3 is 0 Å². The Labute approximate surface area is 54.0 Å². The number of rotatable bonds is 2. The Hall–Kier alpha value is -1.12. The summed E-state index contributed by atoms with van der Waals surface area (Å²) in [7, 11) is 1.87. The SMILES string of the molecule is C=CCc1ncnn1C. The molecule has 0 spiro atoms. The molecule has 0 bridgehead atoms. The van der Waals surface area contributed by atoms with Gasteiger partial charge in [-0.05, 0) is 0 Å². The summed E-state index contributed by atoms with van der Waals surface area (Å²) in [6, 6.07) is 0. The van der Waals surface area contributed by atoms with Crippen LogP contribution in [-0.2, 0) is 13.5 Å². The smallest absolute Gasteiger partial charge is 0.138 e. The molecule has 48 valence electrons. The second kappa shape index (κ2) is 2.44. The zero-order valence-electron chi connectivity index (χ0n) is 5.41. The van der Waals surface area contributed by atoms with E-state index in [9.17, 15) is 0 Å². The maximum atomic E-state index is 3.99. The van der Waals surface area contributed by atoms with E-state index >= 15 is 0 Å². The second-order valence-electron chi connectivity index (χ2n) is 1.79. The standard InChI is InChI=1S/C6H9N3/c1-3-4-6-7-5-8-9(6)2/h3,5H,1,4H2,2H3. The van der Waals surface area contributed by atoms with Crippen molar-refractivity contribution in [2.45, 2.75) is 6.42 Å². The van der Waals surface area contributed by atoms with Gasteiger partial charge in [-0.25, -0.2) is 4.98 Å². The predicted molar refractivity (Wildman–Crippen MR) is 34.9 cm³/mol. The largest absolute Gasteiger partial charge is 0.253 e. The van der Waals surface area contributed by atoms with Crippen LogP contribution in [0.3, 0.4) is 0 Å². The second-order valence-corrected chi connectivity index (χ2v) is 1.79. The van der Waals surface area contributed by atoms with Gasteiger partial charge in [-0.2, -0.15) is 5.10 Å². The highest BCUT2D eigenvalue weighted by atomic mass is 15.3. The molecule has 0 atom stereocenters. The highest BCUT2D eigenvalue weighted by Gasteiger charge is 1.93. The van der Waals surface area contributed by atoms with Gasteiger partial charge in [0.2, 0.25) is 0 Å². The van der Waals surface area contributed by atoms with Crippen molar-refractivity contribution in [3.63, 3.8) is 0 Å². The number of hydrogen-bond donors (Lipinski definition) is 0. The van der Waals surface area contributed by atoms with E-state index < -0.39 is 0 Å². The molecule has 0 aliphatic heterocycles. The van der Waals surface area contributed by atoms with Crippen LogP contribution in [0.2, 0.25) is 0 Å². The third-order valence-corrected chi connectivity index (χ3v) is 1.13. The Morgan fingerprint density at radius 2 is 2.67 bits per heavy atom. The topological polar surface area (TPSA) is 30.7 Å². The van der Waals surface area contributed by atoms with Gasteiger partial charge in [-0.1, -0.05) is 6.08 Å². The van der Waals surface area contributed by atoms with E-state index in [1.54, 1.807) is 11.0 Å². The van der Waals surface area contributed by atoms with Crippen molar-refractivity contribution in [2.24, 2.45) is 7.05 Å². The lowest BCUT2D eigenvalue weighted by Gasteiger charge is -1.91. The Balaban J connectivity index is 2.80. The first-order valence-electron chi connectivity index (χ1n) is 2.78. The first kappa shape index (κ1) is 6.01. The summed E-state index contributed by atoms with van der Waals surface area (Å²) < 4.78 is 1.74. The molecule has 0 fully saturated rings. The molecule has 0 aliphatic rings. The lowest BCUT2D eigenvalue weighted by atomic mass is 10.4. The summed E-state index contributed by atoms with van der Waals surface area (Å²) >= 11 is 0. The monoisotopic (exact) mass is 123 g/mol. The van der Waals surface area contributed by atoms with Crippen molar-refractivity contribution in [1.29, 1.82) is 0 Å². The minimum absolute atomic E-state index is 0.788. The number of nitrogens with zero attached hydrogens (tertiary/aromatic N) is 3. The molecular formula is C6H9N3. The molecule has 9 heavy (non-hydrogen) atoms. The molecule has 1 rings (SSSR count). The van der Waals surface area contributed by atoms with Gasteiger partial charge in [0.1, 0.15) is 12.2 Å². The average molecular weight is 123 g/mol. The number of aromatic nitrogens is 3. The van der Waals surface area contributed by atoms with Crippen molar-refractivity contribution in [3.05, 3.63) is 24.8 Å². The average Bonchev–Trinajstić information content (AvgIpc) is 2.18. The highest BCUT2D eigenvalue weighted by molar-refractivity contribution is 4.90. The van der Waals surface area contributed by atoms with Gasteiger partial charge < -0.3 is 0 Å². The molecule has 1 heterocycles. The molecule has 0 aliphatic carbocycles. The fraction of sp³-hybridized carbons (Fsp3) is 0.333. The van der Waals surface area contributed by atoms with Crippen LogP contribution in [0.25, 0.3) is 0 Å². The molecule has 1 aromatic heterocycles. The Kier molecular flexibility index (Phi) is 1.63. The minimum Gasteiger partial charge on any atom is -0.253 e. The van der Waals surface area contributed by atoms with E-state index in [0.717, 1.165) is 12.2 Å². The quantitative estimate of drug-likeness (QED) is 0.537. The first-order valence-corrected chi connectivity index (χ1v) is 2.78. The number of hydrogen-bond acceptors (Lipinski definition) is 2. The zero-order chi connectivity index (χ0) is 6.69. The molecule has 0 saturated heterocycles. The molecule has 3 nitrogen and oxygen atoms in total. The summed E-state index contributed by atoms with van der Waals surface area (Å²) in [4.78, 5) is 3.99. The van der Waals surface area contributed by atoms with Crippen molar-refractivity contribution >= 4 is 0 Å². The molecule has 1 aromatic rings. The highest BCUT2D eigenvalue weighted by Crippen LogP contribution is 1.90. The van der Waals surface area contributed by atoms with Crippen LogP contribution in [0.15, 0.2) is 19.0 Å². The van der Waals surface area contributed by atoms with Crippen LogP contribution in [-0.4, -0.2) is 14.8 Å². The van der Waals surface area contributed by atoms with Crippen molar-refractivity contribution < 1.29 is 0 Å². The molecule has 0 aromatic carbocycles. The van der Waals surface area contributed by atoms with E-state index in [1.807, 2.05) is 13.1 Å². The van der Waals surface area contributed by atoms with Gasteiger partial charge in [0.05, 0.1) is 0 Å². The first-order chi connectivity index (χ1) is 4.34. The van der Waals surface area contributed by atoms with Crippen molar-refractivity contribution in [3.8, 4) is 0 Å². The van der Waals surface area contributed by atoms with E-state index in [1.165, 1.54) is 0 Å². The lowest BCUT2D eigenvalue weighted by Crippen LogP contribution is -1.97. The lowest BCUT2D eigenvalue weighted by molar-refractivity contribution is 0.720. The fourth-order valence-corrected chi connectivity index (χ4v) is 0.634. The van der Waals surface area contributed by atoms with E-state index in [-0.39, 0.29) is 0 Å². The van der Waals surface area contributed by atoms with Gasteiger partial charge in [0, 0.05) is 13.5 Å². The van der Waals surface area contributed by atoms with Crippen LogP contribution in [0.1, 0.15) is 5.82 Å². The maximum Gasteiger partial charge on any atom is 0.138 e. The molecule has 0 N–H and O–H groups in total. The normalized spacial score (nSPS) is 9.44. The Morgan fingerprint density at radius 3 is 3.11 bits per heavy atom. The van der Waals surface area contributed by atoms with Crippen molar-refractivity contribution in [2.75, 3.05) is 0 Å². The summed E-state index contributed by atoms with van der Waals surface area (Å²) in [6.07, 6.45) is 4.14. The van der Waals surface area contributed by atoms with Gasteiger partial charge in [-0.15, -0.1) is 6.58 Å². The van der Waals surface area contributed by atoms with E-state index in [0.29, 0.717) is 0 Å². The number of allylic oxidation sites excluding steroid dienone is 1. The third kappa shape index (κ3) is 1.16. The molecule has 3 heteroatoms.